The molecule has 222 valence electrons. The molecule has 0 unspecified atom stereocenters. The zero-order chi connectivity index (χ0) is 29.0. The number of hydrogen-bond donors (Lipinski definition) is 3. The number of nitrogens with zero attached hydrogens (tertiary/aromatic N) is 4. The Labute approximate surface area is 238 Å². The van der Waals surface area contributed by atoms with Gasteiger partial charge >= 0.3 is 0 Å². The van der Waals surface area contributed by atoms with Crippen molar-refractivity contribution >= 4 is 39.1 Å². The maximum absolute atomic E-state index is 13.7. The molecule has 13 heteroatoms. The van der Waals surface area contributed by atoms with E-state index < -0.39 is 27.5 Å². The smallest absolute Gasteiger partial charge is 0.258 e. The van der Waals surface area contributed by atoms with Gasteiger partial charge in [0.25, 0.3) is 11.8 Å². The first kappa shape index (κ1) is 28.1. The van der Waals surface area contributed by atoms with Crippen molar-refractivity contribution in [3.8, 4) is 0 Å². The molecule has 3 heterocycles. The first-order valence-corrected chi connectivity index (χ1v) is 15.9. The Hall–Kier alpha value is -3.06. The van der Waals surface area contributed by atoms with Crippen LogP contribution in [0.25, 0.3) is 0 Å². The first-order chi connectivity index (χ1) is 19.3. The van der Waals surface area contributed by atoms with Gasteiger partial charge in [-0.25, -0.2) is 22.2 Å². The van der Waals surface area contributed by atoms with E-state index in [0.717, 1.165) is 25.9 Å². The molecule has 2 saturated carbocycles. The molecule has 6 rings (SSSR count). The molecule has 1 amide bonds. The minimum Gasteiger partial charge on any atom is -0.389 e. The lowest BCUT2D eigenvalue weighted by atomic mass is 9.93. The van der Waals surface area contributed by atoms with Crippen molar-refractivity contribution in [3.63, 3.8) is 0 Å². The maximum atomic E-state index is 13.7. The number of piperidine rings is 2. The maximum Gasteiger partial charge on any atom is 0.258 e. The summed E-state index contributed by atoms with van der Waals surface area (Å²) in [6.45, 7) is 3.52. The second kappa shape index (κ2) is 10.0. The second-order valence-electron chi connectivity index (χ2n) is 12.3. The van der Waals surface area contributed by atoms with Gasteiger partial charge in [-0.1, -0.05) is 0 Å². The molecule has 10 nitrogen and oxygen atoms in total. The van der Waals surface area contributed by atoms with Crippen molar-refractivity contribution in [2.24, 2.45) is 5.41 Å². The molecule has 4 fully saturated rings. The number of aliphatic hydroxyl groups is 1. The molecule has 2 aliphatic heterocycles. The number of aromatic nitrogens is 2. The number of alkyl halides is 2. The minimum atomic E-state index is -3.78. The van der Waals surface area contributed by atoms with Gasteiger partial charge in [0.15, 0.2) is 0 Å². The van der Waals surface area contributed by atoms with Gasteiger partial charge in [0.05, 0.1) is 28.3 Å². The average Bonchev–Trinajstić information content (AvgIpc) is 3.82. The quantitative estimate of drug-likeness (QED) is 0.422. The van der Waals surface area contributed by atoms with Crippen LogP contribution >= 0.6 is 0 Å². The third kappa shape index (κ3) is 6.56. The summed E-state index contributed by atoms with van der Waals surface area (Å²) in [6.07, 6.45) is 4.84. The van der Waals surface area contributed by atoms with Gasteiger partial charge in [-0.2, -0.15) is 4.98 Å². The highest BCUT2D eigenvalue weighted by Gasteiger charge is 2.45. The average molecular weight is 591 g/mol. The number of amides is 1. The van der Waals surface area contributed by atoms with Crippen molar-refractivity contribution in [1.82, 2.24) is 9.97 Å². The van der Waals surface area contributed by atoms with Crippen LogP contribution in [0.4, 0.5) is 31.9 Å². The van der Waals surface area contributed by atoms with Crippen LogP contribution in [0.3, 0.4) is 0 Å². The van der Waals surface area contributed by atoms with Crippen LogP contribution in [0.15, 0.2) is 24.3 Å². The molecule has 0 bridgehead atoms. The van der Waals surface area contributed by atoms with Gasteiger partial charge in [0, 0.05) is 50.8 Å². The lowest BCUT2D eigenvalue weighted by Crippen LogP contribution is -2.40. The molecule has 2 saturated heterocycles. The molecule has 4 aliphatic rings. The van der Waals surface area contributed by atoms with E-state index in [9.17, 15) is 27.1 Å². The molecule has 1 spiro atoms. The molecule has 41 heavy (non-hydrogen) atoms. The van der Waals surface area contributed by atoms with Crippen molar-refractivity contribution in [2.45, 2.75) is 69.8 Å². The van der Waals surface area contributed by atoms with Crippen LogP contribution in [-0.4, -0.2) is 72.9 Å². The summed E-state index contributed by atoms with van der Waals surface area (Å²) >= 11 is 0. The Kier molecular flexibility index (Phi) is 6.88. The minimum absolute atomic E-state index is 0.124. The molecule has 0 radical (unpaired) electrons. The van der Waals surface area contributed by atoms with Crippen molar-refractivity contribution in [3.05, 3.63) is 35.5 Å². The highest BCUT2D eigenvalue weighted by molar-refractivity contribution is 7.92. The van der Waals surface area contributed by atoms with Gasteiger partial charge < -0.3 is 20.2 Å². The topological polar surface area (TPSA) is 128 Å². The summed E-state index contributed by atoms with van der Waals surface area (Å²) in [4.78, 5) is 26.3. The third-order valence-corrected chi connectivity index (χ3v) is 10.2. The van der Waals surface area contributed by atoms with Gasteiger partial charge in [-0.3, -0.25) is 9.52 Å². The van der Waals surface area contributed by atoms with Gasteiger partial charge in [-0.15, -0.1) is 0 Å². The van der Waals surface area contributed by atoms with Crippen molar-refractivity contribution in [2.75, 3.05) is 51.8 Å². The fraction of sp³-hybridized carbons (Fsp3) is 0.607. The highest BCUT2D eigenvalue weighted by atomic mass is 32.2. The van der Waals surface area contributed by atoms with E-state index in [0.29, 0.717) is 46.8 Å². The number of halogens is 2. The number of carbonyl (C=O) groups excluding carboxylic acids is 1. The SMILES string of the molecule is Cc1cc(NC(=O)c2ccc(NS(=O)(=O)CC3(O)CC3)cc2N2CCC3(CC2)CC3)nc(N2CCC(F)(F)CC2)n1. The van der Waals surface area contributed by atoms with E-state index in [-0.39, 0.29) is 37.5 Å². The third-order valence-electron chi connectivity index (χ3n) is 8.79. The molecule has 1 aromatic heterocycles. The fourth-order valence-corrected chi connectivity index (χ4v) is 7.34. The molecule has 2 aliphatic carbocycles. The number of carbonyl (C=O) groups is 1. The van der Waals surface area contributed by atoms with Crippen LogP contribution in [-0.2, 0) is 10.0 Å². The summed E-state index contributed by atoms with van der Waals surface area (Å²) in [6, 6.07) is 6.45. The Morgan fingerprint density at radius 2 is 1.61 bits per heavy atom. The number of aryl methyl sites for hydroxylation is 1. The van der Waals surface area contributed by atoms with E-state index in [1.165, 1.54) is 12.8 Å². The van der Waals surface area contributed by atoms with Gasteiger partial charge in [0.1, 0.15) is 5.82 Å². The predicted molar refractivity (Wildman–Crippen MR) is 152 cm³/mol. The Balaban J connectivity index is 1.24. The monoisotopic (exact) mass is 590 g/mol. The zero-order valence-corrected chi connectivity index (χ0v) is 23.9. The molecule has 3 N–H and O–H groups in total. The lowest BCUT2D eigenvalue weighted by Gasteiger charge is -2.35. The zero-order valence-electron chi connectivity index (χ0n) is 23.1. The summed E-state index contributed by atoms with van der Waals surface area (Å²) in [5, 5.41) is 13.0. The molecule has 1 aromatic carbocycles. The number of hydrogen-bond acceptors (Lipinski definition) is 8. The van der Waals surface area contributed by atoms with E-state index in [1.54, 1.807) is 36.1 Å². The second-order valence-corrected chi connectivity index (χ2v) is 14.0. The summed E-state index contributed by atoms with van der Waals surface area (Å²) in [5.41, 5.74) is 1.16. The Morgan fingerprint density at radius 3 is 2.24 bits per heavy atom. The number of nitrogens with one attached hydrogen (secondary N) is 2. The van der Waals surface area contributed by atoms with Crippen LogP contribution in [0.5, 0.6) is 0 Å². The number of sulfonamides is 1. The van der Waals surface area contributed by atoms with Crippen LogP contribution in [0.2, 0.25) is 0 Å². The number of benzene rings is 1. The van der Waals surface area contributed by atoms with E-state index in [1.807, 2.05) is 0 Å². The standard InChI is InChI=1S/C28H36F2N6O4S/c1-19-16-23(33-25(31-19)36-14-10-28(29,30)11-15-36)32-24(37)21-3-2-20(34-41(39,40)18-27(38)6-7-27)17-22(21)35-12-8-26(4-5-26)9-13-35/h2-3,16-17,34,38H,4-15,18H2,1H3,(H,31,32,33,37). The number of rotatable bonds is 8. The Bertz CT molecular complexity index is 1440. The Morgan fingerprint density at radius 1 is 0.951 bits per heavy atom. The van der Waals surface area contributed by atoms with Crippen LogP contribution in [0.1, 0.15) is 67.4 Å². The van der Waals surface area contributed by atoms with Crippen LogP contribution in [0, 0.1) is 12.3 Å². The summed E-state index contributed by atoms with van der Waals surface area (Å²) in [7, 11) is -3.78. The van der Waals surface area contributed by atoms with E-state index in [2.05, 4.69) is 24.9 Å². The fourth-order valence-electron chi connectivity index (χ4n) is 5.78. The van der Waals surface area contributed by atoms with E-state index in [4.69, 9.17) is 0 Å². The van der Waals surface area contributed by atoms with Gasteiger partial charge in [-0.05, 0) is 69.1 Å². The van der Waals surface area contributed by atoms with Crippen molar-refractivity contribution < 1.29 is 27.1 Å². The predicted octanol–water partition coefficient (Wildman–Crippen LogP) is 3.92. The normalized spacial score (nSPS) is 22.3. The highest BCUT2D eigenvalue weighted by Crippen LogP contribution is 2.54. The summed E-state index contributed by atoms with van der Waals surface area (Å²) < 4.78 is 55.3. The number of anilines is 4. The first-order valence-electron chi connectivity index (χ1n) is 14.2. The molecular weight excluding hydrogens is 554 g/mol. The van der Waals surface area contributed by atoms with Crippen LogP contribution < -0.4 is 19.8 Å². The molecule has 2 aromatic rings. The largest absolute Gasteiger partial charge is 0.389 e. The van der Waals surface area contributed by atoms with Gasteiger partial charge in [0.2, 0.25) is 16.0 Å². The van der Waals surface area contributed by atoms with E-state index >= 15 is 0 Å². The summed E-state index contributed by atoms with van der Waals surface area (Å²) in [5.74, 6) is -2.92. The molecule has 0 atom stereocenters. The lowest BCUT2D eigenvalue weighted by molar-refractivity contribution is -0.0222. The molecular formula is C28H36F2N6O4S. The van der Waals surface area contributed by atoms with Crippen molar-refractivity contribution in [1.29, 1.82) is 0 Å².